The van der Waals surface area contributed by atoms with E-state index in [-0.39, 0.29) is 11.8 Å². The van der Waals surface area contributed by atoms with E-state index in [2.05, 4.69) is 4.72 Å². The number of fused-ring (bicyclic) bond motifs is 1. The molecule has 0 aromatic heterocycles. The van der Waals surface area contributed by atoms with E-state index in [9.17, 15) is 13.2 Å². The largest absolute Gasteiger partial charge is 0.338 e. The summed E-state index contributed by atoms with van der Waals surface area (Å²) in [5.74, 6) is 0.475. The number of rotatable bonds is 4. The fourth-order valence-electron chi connectivity index (χ4n) is 2.68. The highest BCUT2D eigenvalue weighted by atomic mass is 32.2. The molecule has 0 spiro atoms. The van der Waals surface area contributed by atoms with Gasteiger partial charge in [-0.15, -0.1) is 0 Å². The molecule has 5 nitrogen and oxygen atoms in total. The summed E-state index contributed by atoms with van der Waals surface area (Å²) in [6.45, 7) is 4.65. The van der Waals surface area contributed by atoms with E-state index in [1.165, 1.54) is 5.56 Å². The van der Waals surface area contributed by atoms with Crippen molar-refractivity contribution in [3.63, 3.8) is 0 Å². The molecule has 1 amide bonds. The maximum Gasteiger partial charge on any atom is 0.235 e. The van der Waals surface area contributed by atoms with Gasteiger partial charge in [-0.3, -0.25) is 9.52 Å². The molecule has 0 radical (unpaired) electrons. The fourth-order valence-corrected chi connectivity index (χ4v) is 3.37. The highest BCUT2D eigenvalue weighted by Gasteiger charge is 2.34. The molecule has 22 heavy (non-hydrogen) atoms. The van der Waals surface area contributed by atoms with Crippen LogP contribution in [0.4, 0.5) is 5.69 Å². The van der Waals surface area contributed by atoms with Crippen molar-refractivity contribution in [1.29, 1.82) is 0 Å². The van der Waals surface area contributed by atoms with E-state index < -0.39 is 15.3 Å². The molecule has 1 aromatic rings. The van der Waals surface area contributed by atoms with Gasteiger partial charge in [0.15, 0.2) is 0 Å². The lowest BCUT2D eigenvalue weighted by Crippen LogP contribution is -2.37. The summed E-state index contributed by atoms with van der Waals surface area (Å²) in [5.41, 5.74) is 2.82. The van der Waals surface area contributed by atoms with E-state index in [4.69, 9.17) is 0 Å². The molecule has 1 heterocycles. The number of hydrogen-bond acceptors (Lipinski definition) is 3. The standard InChI is InChI=1S/C16H22N2O3S/c1-11(2)22(20,21)17-15-6-5-12-7-8-18(10-14(12)9-15)16(19)13-3-4-13/h5-6,9,11,13,17H,3-4,7-8,10H2,1-2H3. The van der Waals surface area contributed by atoms with Gasteiger partial charge in [0, 0.05) is 24.7 Å². The van der Waals surface area contributed by atoms with Gasteiger partial charge in [0.25, 0.3) is 0 Å². The van der Waals surface area contributed by atoms with Gasteiger partial charge in [0.1, 0.15) is 0 Å². The van der Waals surface area contributed by atoms with Crippen LogP contribution in [0, 0.1) is 5.92 Å². The SMILES string of the molecule is CC(C)S(=O)(=O)Nc1ccc2c(c1)CN(C(=O)C1CC1)CC2. The number of carbonyl (C=O) groups excluding carboxylic acids is 1. The van der Waals surface area contributed by atoms with Gasteiger partial charge in [0.2, 0.25) is 15.9 Å². The van der Waals surface area contributed by atoms with E-state index in [1.54, 1.807) is 19.9 Å². The Morgan fingerprint density at radius 1 is 1.27 bits per heavy atom. The van der Waals surface area contributed by atoms with Crippen molar-refractivity contribution in [3.05, 3.63) is 29.3 Å². The predicted octanol–water partition coefficient (Wildman–Crippen LogP) is 2.13. The summed E-state index contributed by atoms with van der Waals surface area (Å²) < 4.78 is 26.5. The normalized spacial score (nSPS) is 18.2. The monoisotopic (exact) mass is 322 g/mol. The first-order valence-electron chi connectivity index (χ1n) is 7.79. The summed E-state index contributed by atoms with van der Waals surface area (Å²) in [4.78, 5) is 14.1. The quantitative estimate of drug-likeness (QED) is 0.923. The van der Waals surface area contributed by atoms with Crippen LogP contribution >= 0.6 is 0 Å². The van der Waals surface area contributed by atoms with E-state index in [0.717, 1.165) is 31.4 Å². The first kappa shape index (κ1) is 15.3. The van der Waals surface area contributed by atoms with Crippen LogP contribution in [0.2, 0.25) is 0 Å². The zero-order valence-corrected chi connectivity index (χ0v) is 13.8. The van der Waals surface area contributed by atoms with Crippen molar-refractivity contribution < 1.29 is 13.2 Å². The molecule has 1 aromatic carbocycles. The molecule has 120 valence electrons. The Hall–Kier alpha value is -1.56. The van der Waals surface area contributed by atoms with Crippen molar-refractivity contribution in [3.8, 4) is 0 Å². The van der Waals surface area contributed by atoms with Gasteiger partial charge in [-0.05, 0) is 56.4 Å². The highest BCUT2D eigenvalue weighted by Crippen LogP contribution is 2.33. The number of carbonyl (C=O) groups is 1. The van der Waals surface area contributed by atoms with Crippen LogP contribution in [0.15, 0.2) is 18.2 Å². The van der Waals surface area contributed by atoms with Gasteiger partial charge < -0.3 is 4.90 Å². The molecule has 0 saturated heterocycles. The van der Waals surface area contributed by atoms with Gasteiger partial charge in [-0.25, -0.2) is 8.42 Å². The molecule has 1 N–H and O–H groups in total. The summed E-state index contributed by atoms with van der Waals surface area (Å²) in [5, 5.41) is -0.475. The van der Waals surface area contributed by atoms with Crippen LogP contribution in [0.3, 0.4) is 0 Å². The van der Waals surface area contributed by atoms with Crippen LogP contribution in [0.5, 0.6) is 0 Å². The van der Waals surface area contributed by atoms with E-state index in [0.29, 0.717) is 12.2 Å². The molecule has 1 aliphatic heterocycles. The second-order valence-corrected chi connectivity index (χ2v) is 8.70. The smallest absolute Gasteiger partial charge is 0.235 e. The Labute approximate surface area is 131 Å². The maximum atomic E-state index is 12.2. The number of anilines is 1. The van der Waals surface area contributed by atoms with Crippen molar-refractivity contribution in [2.24, 2.45) is 5.92 Å². The van der Waals surface area contributed by atoms with Gasteiger partial charge in [0.05, 0.1) is 5.25 Å². The van der Waals surface area contributed by atoms with Crippen LogP contribution < -0.4 is 4.72 Å². The summed E-state index contributed by atoms with van der Waals surface area (Å²) in [6, 6.07) is 5.63. The molecule has 6 heteroatoms. The predicted molar refractivity (Wildman–Crippen MR) is 86.0 cm³/mol. The summed E-state index contributed by atoms with van der Waals surface area (Å²) >= 11 is 0. The second-order valence-electron chi connectivity index (χ2n) is 6.46. The lowest BCUT2D eigenvalue weighted by atomic mass is 9.99. The Morgan fingerprint density at radius 2 is 2.00 bits per heavy atom. The average molecular weight is 322 g/mol. The molecule has 1 aliphatic carbocycles. The average Bonchev–Trinajstić information content (AvgIpc) is 3.29. The molecular formula is C16H22N2O3S. The molecule has 1 fully saturated rings. The second kappa shape index (κ2) is 5.57. The van der Waals surface area contributed by atoms with Gasteiger partial charge in [-0.2, -0.15) is 0 Å². The molecule has 0 atom stereocenters. The highest BCUT2D eigenvalue weighted by molar-refractivity contribution is 7.93. The van der Waals surface area contributed by atoms with Crippen LogP contribution in [0.25, 0.3) is 0 Å². The molecule has 3 rings (SSSR count). The zero-order valence-electron chi connectivity index (χ0n) is 13.0. The van der Waals surface area contributed by atoms with E-state index in [1.807, 2.05) is 17.0 Å². The minimum Gasteiger partial charge on any atom is -0.338 e. The molecule has 1 saturated carbocycles. The van der Waals surface area contributed by atoms with Gasteiger partial charge in [-0.1, -0.05) is 6.07 Å². The Balaban J connectivity index is 1.78. The molecule has 0 bridgehead atoms. The summed E-state index contributed by atoms with van der Waals surface area (Å²) in [6.07, 6.45) is 2.86. The van der Waals surface area contributed by atoms with Crippen LogP contribution in [0.1, 0.15) is 37.8 Å². The van der Waals surface area contributed by atoms with Gasteiger partial charge >= 0.3 is 0 Å². The molecular weight excluding hydrogens is 300 g/mol. The topological polar surface area (TPSA) is 66.5 Å². The number of nitrogens with one attached hydrogen (secondary N) is 1. The molecule has 0 unspecified atom stereocenters. The third kappa shape index (κ3) is 3.11. The minimum atomic E-state index is -3.34. The third-order valence-electron chi connectivity index (χ3n) is 4.34. The number of amides is 1. The fraction of sp³-hybridized carbons (Fsp3) is 0.562. The zero-order chi connectivity index (χ0) is 15.9. The third-order valence-corrected chi connectivity index (χ3v) is 6.10. The lowest BCUT2D eigenvalue weighted by molar-refractivity contribution is -0.133. The van der Waals surface area contributed by atoms with Crippen LogP contribution in [-0.2, 0) is 27.8 Å². The van der Waals surface area contributed by atoms with Crippen molar-refractivity contribution in [2.45, 2.75) is 44.9 Å². The first-order chi connectivity index (χ1) is 10.4. The number of sulfonamides is 1. The molecule has 2 aliphatic rings. The first-order valence-corrected chi connectivity index (χ1v) is 9.33. The Morgan fingerprint density at radius 3 is 2.64 bits per heavy atom. The van der Waals surface area contributed by atoms with Crippen LogP contribution in [-0.4, -0.2) is 31.0 Å². The van der Waals surface area contributed by atoms with E-state index >= 15 is 0 Å². The minimum absolute atomic E-state index is 0.226. The van der Waals surface area contributed by atoms with Crippen molar-refractivity contribution in [2.75, 3.05) is 11.3 Å². The van der Waals surface area contributed by atoms with Crippen molar-refractivity contribution in [1.82, 2.24) is 4.90 Å². The Kier molecular flexibility index (Phi) is 3.89. The lowest BCUT2D eigenvalue weighted by Gasteiger charge is -2.29. The summed E-state index contributed by atoms with van der Waals surface area (Å²) in [7, 11) is -3.34. The number of benzene rings is 1. The Bertz CT molecular complexity index is 693. The maximum absolute atomic E-state index is 12.2. The number of hydrogen-bond donors (Lipinski definition) is 1. The van der Waals surface area contributed by atoms with Crippen molar-refractivity contribution >= 4 is 21.6 Å². The number of nitrogens with zero attached hydrogens (tertiary/aromatic N) is 1.